The zero-order valence-corrected chi connectivity index (χ0v) is 12.9. The Morgan fingerprint density at radius 3 is 2.80 bits per heavy atom. The number of rotatable bonds is 8. The summed E-state index contributed by atoms with van der Waals surface area (Å²) in [4.78, 5) is 11.9. The van der Waals surface area contributed by atoms with E-state index in [9.17, 15) is 4.79 Å². The molecule has 1 unspecified atom stereocenters. The van der Waals surface area contributed by atoms with Gasteiger partial charge in [-0.3, -0.25) is 4.79 Å². The zero-order chi connectivity index (χ0) is 15.0. The predicted octanol–water partition coefficient (Wildman–Crippen LogP) is 3.58. The third-order valence-electron chi connectivity index (χ3n) is 2.78. The van der Waals surface area contributed by atoms with Crippen molar-refractivity contribution in [3.63, 3.8) is 0 Å². The number of amides is 1. The maximum absolute atomic E-state index is 11.9. The number of nitrogens with two attached hydrogens (primary N) is 1. The topological polar surface area (TPSA) is 64.3 Å². The molecule has 1 rings (SSSR count). The Morgan fingerprint density at radius 1 is 1.40 bits per heavy atom. The van der Waals surface area contributed by atoms with Crippen LogP contribution in [0.5, 0.6) is 5.75 Å². The number of ether oxygens (including phenoxy) is 1. The van der Waals surface area contributed by atoms with Gasteiger partial charge in [0.25, 0.3) is 0 Å². The Kier molecular flexibility index (Phi) is 7.41. The number of carbonyl (C=O) groups is 1. The Morgan fingerprint density at radius 2 is 2.15 bits per heavy atom. The highest BCUT2D eigenvalue weighted by Gasteiger charge is 2.12. The summed E-state index contributed by atoms with van der Waals surface area (Å²) < 4.78 is 5.59. The number of benzene rings is 1. The first-order valence-corrected chi connectivity index (χ1v) is 7.42. The quantitative estimate of drug-likeness (QED) is 0.771. The Balaban J connectivity index is 2.69. The van der Waals surface area contributed by atoms with Crippen LogP contribution in [0.1, 0.15) is 39.5 Å². The predicted molar refractivity (Wildman–Crippen MR) is 83.4 cm³/mol. The summed E-state index contributed by atoms with van der Waals surface area (Å²) >= 11 is 5.96. The summed E-state index contributed by atoms with van der Waals surface area (Å²) in [5.41, 5.74) is 6.47. The van der Waals surface area contributed by atoms with Gasteiger partial charge >= 0.3 is 0 Å². The molecule has 5 heteroatoms. The van der Waals surface area contributed by atoms with Crippen molar-refractivity contribution in [3.05, 3.63) is 23.2 Å². The number of carbonyl (C=O) groups excluding carboxylic acids is 1. The average molecular weight is 299 g/mol. The van der Waals surface area contributed by atoms with E-state index in [2.05, 4.69) is 5.32 Å². The second kappa shape index (κ2) is 8.82. The molecule has 0 spiro atoms. The minimum absolute atomic E-state index is 0.112. The smallest absolute Gasteiger partial charge is 0.226 e. The van der Waals surface area contributed by atoms with Crippen molar-refractivity contribution in [2.24, 2.45) is 5.73 Å². The van der Waals surface area contributed by atoms with Crippen LogP contribution in [-0.2, 0) is 4.79 Å². The lowest BCUT2D eigenvalue weighted by Crippen LogP contribution is -2.27. The maximum Gasteiger partial charge on any atom is 0.226 e. The average Bonchev–Trinajstić information content (AvgIpc) is 2.37. The fourth-order valence-corrected chi connectivity index (χ4v) is 2.02. The highest BCUT2D eigenvalue weighted by molar-refractivity contribution is 6.31. The third-order valence-corrected chi connectivity index (χ3v) is 3.02. The first kappa shape index (κ1) is 16.8. The molecule has 0 saturated heterocycles. The summed E-state index contributed by atoms with van der Waals surface area (Å²) in [6.45, 7) is 4.67. The summed E-state index contributed by atoms with van der Waals surface area (Å²) in [5, 5.41) is 3.38. The van der Waals surface area contributed by atoms with Gasteiger partial charge in [0.15, 0.2) is 0 Å². The van der Waals surface area contributed by atoms with Crippen molar-refractivity contribution in [1.29, 1.82) is 0 Å². The SMILES string of the molecule is CCCOc1ccc(Cl)cc1NC(=O)CC(N)CCC. The van der Waals surface area contributed by atoms with Gasteiger partial charge in [-0.2, -0.15) is 0 Å². The van der Waals surface area contributed by atoms with E-state index in [-0.39, 0.29) is 11.9 Å². The van der Waals surface area contributed by atoms with Crippen molar-refractivity contribution in [2.45, 2.75) is 45.6 Å². The Hall–Kier alpha value is -1.26. The molecule has 1 aromatic carbocycles. The molecule has 0 fully saturated rings. The number of hydrogen-bond acceptors (Lipinski definition) is 3. The van der Waals surface area contributed by atoms with E-state index in [0.717, 1.165) is 19.3 Å². The van der Waals surface area contributed by atoms with Gasteiger partial charge in [-0.05, 0) is 31.0 Å². The first-order valence-electron chi connectivity index (χ1n) is 7.04. The molecule has 1 aromatic rings. The molecule has 1 amide bonds. The number of nitrogens with one attached hydrogen (secondary N) is 1. The lowest BCUT2D eigenvalue weighted by atomic mass is 10.1. The van der Waals surface area contributed by atoms with E-state index in [1.807, 2.05) is 13.8 Å². The fourth-order valence-electron chi connectivity index (χ4n) is 1.85. The lowest BCUT2D eigenvalue weighted by Gasteiger charge is -2.14. The molecule has 0 radical (unpaired) electrons. The lowest BCUT2D eigenvalue weighted by molar-refractivity contribution is -0.116. The van der Waals surface area contributed by atoms with Gasteiger partial charge < -0.3 is 15.8 Å². The largest absolute Gasteiger partial charge is 0.491 e. The second-order valence-electron chi connectivity index (χ2n) is 4.79. The van der Waals surface area contributed by atoms with Crippen LogP contribution in [0.25, 0.3) is 0 Å². The maximum atomic E-state index is 11.9. The molecule has 4 nitrogen and oxygen atoms in total. The molecule has 0 aliphatic carbocycles. The van der Waals surface area contributed by atoms with Crippen molar-refractivity contribution in [1.82, 2.24) is 0 Å². The number of anilines is 1. The monoisotopic (exact) mass is 298 g/mol. The van der Waals surface area contributed by atoms with Gasteiger partial charge in [0.2, 0.25) is 5.91 Å². The summed E-state index contributed by atoms with van der Waals surface area (Å²) in [6, 6.07) is 5.08. The Labute approximate surface area is 125 Å². The minimum atomic E-state index is -0.116. The summed E-state index contributed by atoms with van der Waals surface area (Å²) in [6.07, 6.45) is 3.00. The molecule has 3 N–H and O–H groups in total. The molecule has 1 atom stereocenters. The molecule has 0 aliphatic heterocycles. The normalized spacial score (nSPS) is 12.0. The van der Waals surface area contributed by atoms with Crippen molar-refractivity contribution < 1.29 is 9.53 Å². The van der Waals surface area contributed by atoms with Gasteiger partial charge in [0, 0.05) is 17.5 Å². The van der Waals surface area contributed by atoms with E-state index >= 15 is 0 Å². The van der Waals surface area contributed by atoms with E-state index < -0.39 is 0 Å². The van der Waals surface area contributed by atoms with Crippen LogP contribution in [-0.4, -0.2) is 18.6 Å². The van der Waals surface area contributed by atoms with Crippen LogP contribution in [0.2, 0.25) is 5.02 Å². The van der Waals surface area contributed by atoms with Crippen LogP contribution in [0.15, 0.2) is 18.2 Å². The summed E-state index contributed by atoms with van der Waals surface area (Å²) in [5.74, 6) is 0.517. The first-order chi connectivity index (χ1) is 9.56. The molecule has 20 heavy (non-hydrogen) atoms. The minimum Gasteiger partial charge on any atom is -0.491 e. The van der Waals surface area contributed by atoms with Gasteiger partial charge in [0.1, 0.15) is 5.75 Å². The third kappa shape index (κ3) is 5.80. The Bertz CT molecular complexity index is 438. The van der Waals surface area contributed by atoms with E-state index in [1.54, 1.807) is 18.2 Å². The van der Waals surface area contributed by atoms with Crippen LogP contribution in [0, 0.1) is 0 Å². The van der Waals surface area contributed by atoms with Crippen LogP contribution in [0.3, 0.4) is 0 Å². The van der Waals surface area contributed by atoms with E-state index in [1.165, 1.54) is 0 Å². The van der Waals surface area contributed by atoms with Gasteiger partial charge in [-0.15, -0.1) is 0 Å². The van der Waals surface area contributed by atoms with Gasteiger partial charge in [-0.1, -0.05) is 31.9 Å². The van der Waals surface area contributed by atoms with Crippen molar-refractivity contribution in [3.8, 4) is 5.75 Å². The van der Waals surface area contributed by atoms with Crippen LogP contribution in [0.4, 0.5) is 5.69 Å². The highest BCUT2D eigenvalue weighted by atomic mass is 35.5. The molecule has 0 bridgehead atoms. The van der Waals surface area contributed by atoms with Gasteiger partial charge in [-0.25, -0.2) is 0 Å². The molecular formula is C15H23ClN2O2. The fraction of sp³-hybridized carbons (Fsp3) is 0.533. The van der Waals surface area contributed by atoms with E-state index in [4.69, 9.17) is 22.1 Å². The molecule has 112 valence electrons. The van der Waals surface area contributed by atoms with Crippen LogP contribution < -0.4 is 15.8 Å². The van der Waals surface area contributed by atoms with Crippen molar-refractivity contribution in [2.75, 3.05) is 11.9 Å². The van der Waals surface area contributed by atoms with E-state index in [0.29, 0.717) is 29.5 Å². The molecular weight excluding hydrogens is 276 g/mol. The number of halogens is 1. The van der Waals surface area contributed by atoms with Gasteiger partial charge in [0.05, 0.1) is 12.3 Å². The van der Waals surface area contributed by atoms with Crippen LogP contribution >= 0.6 is 11.6 Å². The standard InChI is InChI=1S/C15H23ClN2O2/c1-3-5-12(17)10-15(19)18-13-9-11(16)6-7-14(13)20-8-4-2/h6-7,9,12H,3-5,8,10,17H2,1-2H3,(H,18,19). The highest BCUT2D eigenvalue weighted by Crippen LogP contribution is 2.28. The number of hydrogen-bond donors (Lipinski definition) is 2. The second-order valence-corrected chi connectivity index (χ2v) is 5.23. The molecule has 0 saturated carbocycles. The molecule has 0 aliphatic rings. The summed E-state index contributed by atoms with van der Waals surface area (Å²) in [7, 11) is 0. The zero-order valence-electron chi connectivity index (χ0n) is 12.1. The molecule has 0 heterocycles. The molecule has 0 aromatic heterocycles. The van der Waals surface area contributed by atoms with Crippen molar-refractivity contribution >= 4 is 23.2 Å².